The number of nitrogens with one attached hydrogen (secondary N) is 1. The Bertz CT molecular complexity index is 581. The van der Waals surface area contributed by atoms with Gasteiger partial charge in [-0.1, -0.05) is 0 Å². The highest BCUT2D eigenvalue weighted by atomic mass is 32.2. The van der Waals surface area contributed by atoms with Crippen molar-refractivity contribution in [3.63, 3.8) is 0 Å². The molecule has 1 atom stereocenters. The average Bonchev–Trinajstić information content (AvgIpc) is 2.38. The molecule has 0 aromatic heterocycles. The molecule has 1 heterocycles. The van der Waals surface area contributed by atoms with Crippen LogP contribution in [0.3, 0.4) is 0 Å². The Morgan fingerprint density at radius 3 is 2.55 bits per heavy atom. The van der Waals surface area contributed by atoms with Crippen LogP contribution in [-0.4, -0.2) is 49.9 Å². The molecule has 1 N–H and O–H groups in total. The van der Waals surface area contributed by atoms with Crippen molar-refractivity contribution in [2.24, 2.45) is 0 Å². The molecule has 1 aromatic carbocycles. The van der Waals surface area contributed by atoms with E-state index in [1.165, 1.54) is 0 Å². The van der Waals surface area contributed by atoms with Gasteiger partial charge in [0.05, 0.1) is 11.5 Å². The number of hydrogen-bond acceptors (Lipinski definition) is 4. The van der Waals surface area contributed by atoms with Crippen LogP contribution < -0.4 is 5.32 Å². The molecule has 2 rings (SSSR count). The minimum Gasteiger partial charge on any atom is -0.385 e. The van der Waals surface area contributed by atoms with Gasteiger partial charge >= 0.3 is 0 Å². The Kier molecular flexibility index (Phi) is 4.32. The Morgan fingerprint density at radius 2 is 2.00 bits per heavy atom. The quantitative estimate of drug-likeness (QED) is 0.915. The predicted molar refractivity (Wildman–Crippen MR) is 79.8 cm³/mol. The monoisotopic (exact) mass is 296 g/mol. The van der Waals surface area contributed by atoms with Crippen molar-refractivity contribution in [3.8, 4) is 0 Å². The molecule has 0 bridgehead atoms. The van der Waals surface area contributed by atoms with Gasteiger partial charge in [-0.3, -0.25) is 4.79 Å². The molecule has 20 heavy (non-hydrogen) atoms. The number of nitrogens with zero attached hydrogens (tertiary/aromatic N) is 1. The highest BCUT2D eigenvalue weighted by Crippen LogP contribution is 2.17. The lowest BCUT2D eigenvalue weighted by Gasteiger charge is -2.33. The summed E-state index contributed by atoms with van der Waals surface area (Å²) in [6.07, 6.45) is 0. The molecule has 1 aliphatic rings. The molecule has 0 saturated carbocycles. The number of benzene rings is 1. The Labute approximate surface area is 119 Å². The Balaban J connectivity index is 2.11. The van der Waals surface area contributed by atoms with Crippen LogP contribution in [0, 0.1) is 0 Å². The van der Waals surface area contributed by atoms with E-state index >= 15 is 0 Å². The van der Waals surface area contributed by atoms with Crippen molar-refractivity contribution >= 4 is 21.4 Å². The summed E-state index contributed by atoms with van der Waals surface area (Å²) >= 11 is 0. The smallest absolute Gasteiger partial charge is 0.254 e. The Morgan fingerprint density at radius 1 is 1.35 bits per heavy atom. The number of carbonyl (C=O) groups is 1. The second kappa shape index (κ2) is 5.83. The van der Waals surface area contributed by atoms with Crippen molar-refractivity contribution in [1.82, 2.24) is 4.90 Å². The summed E-state index contributed by atoms with van der Waals surface area (Å²) in [6.45, 7) is 4.89. The lowest BCUT2D eigenvalue weighted by atomic mass is 10.1. The van der Waals surface area contributed by atoms with Gasteiger partial charge in [-0.05, 0) is 38.1 Å². The van der Waals surface area contributed by atoms with Gasteiger partial charge in [-0.25, -0.2) is 8.42 Å². The van der Waals surface area contributed by atoms with Crippen molar-refractivity contribution < 1.29 is 13.2 Å². The molecule has 6 heteroatoms. The average molecular weight is 296 g/mol. The van der Waals surface area contributed by atoms with Crippen LogP contribution in [0.5, 0.6) is 0 Å². The number of rotatable bonds is 3. The van der Waals surface area contributed by atoms with E-state index in [1.807, 2.05) is 19.1 Å². The lowest BCUT2D eigenvalue weighted by molar-refractivity contribution is 0.0712. The second-order valence-corrected chi connectivity index (χ2v) is 7.30. The first-order valence-corrected chi connectivity index (χ1v) is 8.60. The predicted octanol–water partition coefficient (Wildman–Crippen LogP) is 1.38. The van der Waals surface area contributed by atoms with Crippen LogP contribution in [0.15, 0.2) is 24.3 Å². The zero-order valence-corrected chi connectivity index (χ0v) is 12.6. The zero-order chi connectivity index (χ0) is 14.8. The summed E-state index contributed by atoms with van der Waals surface area (Å²) in [5.41, 5.74) is 1.57. The van der Waals surface area contributed by atoms with Gasteiger partial charge in [0.2, 0.25) is 0 Å². The number of amides is 1. The summed E-state index contributed by atoms with van der Waals surface area (Å²) in [6, 6.07) is 7.01. The van der Waals surface area contributed by atoms with Gasteiger partial charge in [0.1, 0.15) is 0 Å². The molecule has 0 aliphatic carbocycles. The van der Waals surface area contributed by atoms with Gasteiger partial charge in [0.25, 0.3) is 5.91 Å². The maximum absolute atomic E-state index is 12.4. The second-order valence-electron chi connectivity index (χ2n) is 5.07. The maximum atomic E-state index is 12.4. The molecule has 0 spiro atoms. The van der Waals surface area contributed by atoms with E-state index < -0.39 is 9.84 Å². The van der Waals surface area contributed by atoms with Crippen molar-refractivity contribution in [1.29, 1.82) is 0 Å². The van der Waals surface area contributed by atoms with E-state index in [-0.39, 0.29) is 30.0 Å². The minimum atomic E-state index is -3.00. The summed E-state index contributed by atoms with van der Waals surface area (Å²) in [4.78, 5) is 14.0. The molecule has 1 unspecified atom stereocenters. The fourth-order valence-electron chi connectivity index (χ4n) is 2.40. The summed E-state index contributed by atoms with van der Waals surface area (Å²) in [5, 5.41) is 3.17. The molecule has 5 nitrogen and oxygen atoms in total. The van der Waals surface area contributed by atoms with E-state index in [0.29, 0.717) is 5.56 Å². The largest absolute Gasteiger partial charge is 0.385 e. The number of carbonyl (C=O) groups excluding carboxylic acids is 1. The SMILES string of the molecule is CCNc1ccc(C(=O)N2CCS(=O)(=O)CC2C)cc1. The first-order chi connectivity index (χ1) is 9.43. The van der Waals surface area contributed by atoms with Gasteiger partial charge in [0.15, 0.2) is 9.84 Å². The van der Waals surface area contributed by atoms with Crippen molar-refractivity contribution in [3.05, 3.63) is 29.8 Å². The van der Waals surface area contributed by atoms with Crippen molar-refractivity contribution in [2.75, 3.05) is 29.9 Å². The molecule has 1 amide bonds. The molecule has 1 saturated heterocycles. The van der Waals surface area contributed by atoms with E-state index in [0.717, 1.165) is 12.2 Å². The van der Waals surface area contributed by atoms with Crippen LogP contribution in [0.2, 0.25) is 0 Å². The summed E-state index contributed by atoms with van der Waals surface area (Å²) in [5.74, 6) is 0.00250. The molecular weight excluding hydrogens is 276 g/mol. The highest BCUT2D eigenvalue weighted by molar-refractivity contribution is 7.91. The van der Waals surface area contributed by atoms with Crippen molar-refractivity contribution in [2.45, 2.75) is 19.9 Å². The summed E-state index contributed by atoms with van der Waals surface area (Å²) < 4.78 is 23.1. The van der Waals surface area contributed by atoms with E-state index in [2.05, 4.69) is 5.32 Å². The topological polar surface area (TPSA) is 66.5 Å². The van der Waals surface area contributed by atoms with Crippen LogP contribution in [0.1, 0.15) is 24.2 Å². The highest BCUT2D eigenvalue weighted by Gasteiger charge is 2.31. The summed E-state index contributed by atoms with van der Waals surface area (Å²) in [7, 11) is -3.00. The van der Waals surface area contributed by atoms with Crippen LogP contribution in [-0.2, 0) is 9.84 Å². The number of sulfone groups is 1. The van der Waals surface area contributed by atoms with Crippen LogP contribution >= 0.6 is 0 Å². The third-order valence-electron chi connectivity index (χ3n) is 3.44. The molecule has 110 valence electrons. The number of hydrogen-bond donors (Lipinski definition) is 1. The lowest BCUT2D eigenvalue weighted by Crippen LogP contribution is -2.49. The van der Waals surface area contributed by atoms with E-state index in [4.69, 9.17) is 0 Å². The van der Waals surface area contributed by atoms with Crippen LogP contribution in [0.25, 0.3) is 0 Å². The first-order valence-electron chi connectivity index (χ1n) is 6.78. The molecule has 1 aromatic rings. The Hall–Kier alpha value is -1.56. The minimum absolute atomic E-state index is 0.0498. The van der Waals surface area contributed by atoms with Crippen LogP contribution in [0.4, 0.5) is 5.69 Å². The standard InChI is InChI=1S/C14H20N2O3S/c1-3-15-13-6-4-12(5-7-13)14(17)16-8-9-20(18,19)10-11(16)2/h4-7,11,15H,3,8-10H2,1-2H3. The molecule has 0 radical (unpaired) electrons. The third-order valence-corrected chi connectivity index (χ3v) is 5.24. The normalized spacial score (nSPS) is 21.5. The first kappa shape index (κ1) is 14.8. The maximum Gasteiger partial charge on any atom is 0.254 e. The number of anilines is 1. The van der Waals surface area contributed by atoms with Gasteiger partial charge < -0.3 is 10.2 Å². The van der Waals surface area contributed by atoms with Gasteiger partial charge in [0, 0.05) is 30.4 Å². The molecular formula is C14H20N2O3S. The van der Waals surface area contributed by atoms with E-state index in [1.54, 1.807) is 24.0 Å². The van der Waals surface area contributed by atoms with Gasteiger partial charge in [-0.2, -0.15) is 0 Å². The molecule has 1 fully saturated rings. The third kappa shape index (κ3) is 3.30. The fourth-order valence-corrected chi connectivity index (χ4v) is 3.96. The zero-order valence-electron chi connectivity index (χ0n) is 11.8. The molecule has 1 aliphatic heterocycles. The van der Waals surface area contributed by atoms with E-state index in [9.17, 15) is 13.2 Å². The van der Waals surface area contributed by atoms with Gasteiger partial charge in [-0.15, -0.1) is 0 Å². The fraction of sp³-hybridized carbons (Fsp3) is 0.500.